The Labute approximate surface area is 192 Å². The lowest BCUT2D eigenvalue weighted by Gasteiger charge is -1.61. The SMILES string of the molecule is CC.CC.CC.CC.CC.CC.CC=O.CC=O.CC=O.CC=O.CC=O.COC. The molecule has 0 rings (SSSR count). The summed E-state index contributed by atoms with van der Waals surface area (Å²) in [4.78, 5) is 44.0. The molecular weight excluding hydrogens is 384 g/mol. The van der Waals surface area contributed by atoms with E-state index in [1.807, 2.05) is 83.1 Å². The Morgan fingerprint density at radius 2 is 0.333 bits per heavy atom. The zero-order valence-corrected chi connectivity index (χ0v) is 24.3. The quantitative estimate of drug-likeness (QED) is 0.359. The van der Waals surface area contributed by atoms with E-state index in [-0.39, 0.29) is 0 Å². The van der Waals surface area contributed by atoms with Gasteiger partial charge in [-0.2, -0.15) is 0 Å². The summed E-state index contributed by atoms with van der Waals surface area (Å²) in [5.74, 6) is 0. The first kappa shape index (κ1) is 79.4. The molecule has 0 aliphatic rings. The Morgan fingerprint density at radius 3 is 0.333 bits per heavy atom. The van der Waals surface area contributed by atoms with Gasteiger partial charge in [0.1, 0.15) is 31.4 Å². The highest BCUT2D eigenvalue weighted by molar-refractivity contribution is 5.45. The highest BCUT2D eigenvalue weighted by Gasteiger charge is 1.26. The molecule has 0 heterocycles. The lowest BCUT2D eigenvalue weighted by atomic mass is 11.0. The maximum Gasteiger partial charge on any atom is 0.116 e. The highest BCUT2D eigenvalue weighted by Crippen LogP contribution is 1.28. The van der Waals surface area contributed by atoms with Crippen LogP contribution in [0, 0.1) is 0 Å². The van der Waals surface area contributed by atoms with Gasteiger partial charge in [-0.15, -0.1) is 0 Å². The molecule has 0 spiro atoms. The smallest absolute Gasteiger partial charge is 0.116 e. The van der Waals surface area contributed by atoms with Crippen molar-refractivity contribution in [3.05, 3.63) is 0 Å². The Hall–Kier alpha value is -1.69. The van der Waals surface area contributed by atoms with Gasteiger partial charge in [-0.1, -0.05) is 83.1 Å². The van der Waals surface area contributed by atoms with E-state index in [1.165, 1.54) is 34.6 Å². The molecule has 0 N–H and O–H groups in total. The van der Waals surface area contributed by atoms with Gasteiger partial charge in [0, 0.05) is 14.2 Å². The van der Waals surface area contributed by atoms with Gasteiger partial charge in [-0.25, -0.2) is 0 Å². The van der Waals surface area contributed by atoms with Crippen molar-refractivity contribution < 1.29 is 28.7 Å². The second kappa shape index (κ2) is 1020. The fraction of sp³-hybridized carbons (Fsp3) is 0.792. The molecule has 0 atom stereocenters. The van der Waals surface area contributed by atoms with Crippen molar-refractivity contribution in [1.29, 1.82) is 0 Å². The molecule has 0 unspecified atom stereocenters. The monoisotopic (exact) mass is 446 g/mol. The van der Waals surface area contributed by atoms with Crippen molar-refractivity contribution in [3.8, 4) is 0 Å². The summed E-state index contributed by atoms with van der Waals surface area (Å²) in [5.41, 5.74) is 0. The average Bonchev–Trinajstić information content (AvgIpc) is 2.80. The number of carbonyl (C=O) groups excluding carboxylic acids is 5. The molecule has 6 heteroatoms. The third kappa shape index (κ3) is 5900. The fourth-order valence-corrected chi connectivity index (χ4v) is 0. The molecule has 0 bridgehead atoms. The van der Waals surface area contributed by atoms with Crippen molar-refractivity contribution in [1.82, 2.24) is 0 Å². The van der Waals surface area contributed by atoms with Crippen molar-refractivity contribution in [3.63, 3.8) is 0 Å². The summed E-state index contributed by atoms with van der Waals surface area (Å²) in [7, 11) is 3.25. The molecule has 0 aliphatic heterocycles. The Bertz CT molecular complexity index is 105. The van der Waals surface area contributed by atoms with Crippen LogP contribution >= 0.6 is 0 Å². The molecule has 6 nitrogen and oxygen atoms in total. The zero-order valence-electron chi connectivity index (χ0n) is 24.3. The second-order valence-corrected chi connectivity index (χ2v) is 1.59. The van der Waals surface area contributed by atoms with Crippen LogP contribution < -0.4 is 0 Å². The van der Waals surface area contributed by atoms with E-state index in [0.29, 0.717) is 0 Å². The lowest BCUT2D eigenvalue weighted by Crippen LogP contribution is -1.55. The van der Waals surface area contributed by atoms with Gasteiger partial charge in [0.2, 0.25) is 0 Å². The van der Waals surface area contributed by atoms with E-state index in [2.05, 4.69) is 4.74 Å². The van der Waals surface area contributed by atoms with E-state index >= 15 is 0 Å². The van der Waals surface area contributed by atoms with E-state index in [0.717, 1.165) is 31.4 Å². The van der Waals surface area contributed by atoms with Crippen LogP contribution in [0.3, 0.4) is 0 Å². The van der Waals surface area contributed by atoms with Gasteiger partial charge in [0.15, 0.2) is 0 Å². The van der Waals surface area contributed by atoms with Crippen molar-refractivity contribution in [2.24, 2.45) is 0 Å². The van der Waals surface area contributed by atoms with Crippen LogP contribution in [0.1, 0.15) is 118 Å². The Kier molecular flexibility index (Phi) is 2690. The van der Waals surface area contributed by atoms with Gasteiger partial charge in [-0.3, -0.25) is 0 Å². The maximum atomic E-state index is 8.81. The number of methoxy groups -OCH3 is 1. The largest absolute Gasteiger partial charge is 0.388 e. The van der Waals surface area contributed by atoms with Crippen LogP contribution in [0.4, 0.5) is 0 Å². The summed E-state index contributed by atoms with van der Waals surface area (Å²) < 4.78 is 4.25. The first-order chi connectivity index (χ1) is 14.5. The molecule has 0 aromatic heterocycles. The average molecular weight is 447 g/mol. The van der Waals surface area contributed by atoms with Crippen LogP contribution in [0.15, 0.2) is 0 Å². The minimum atomic E-state index is 0.750. The summed E-state index contributed by atoms with van der Waals surface area (Å²) in [6, 6.07) is 0. The molecule has 0 aromatic carbocycles. The first-order valence-electron chi connectivity index (χ1n) is 10.9. The molecule has 30 heavy (non-hydrogen) atoms. The van der Waals surface area contributed by atoms with Crippen LogP contribution in [0.25, 0.3) is 0 Å². The fourth-order valence-electron chi connectivity index (χ4n) is 0. The summed E-state index contributed by atoms with van der Waals surface area (Å²) in [6.45, 7) is 31.2. The molecule has 0 aromatic rings. The van der Waals surface area contributed by atoms with E-state index < -0.39 is 0 Å². The van der Waals surface area contributed by atoms with Crippen molar-refractivity contribution in [2.45, 2.75) is 118 Å². The zero-order chi connectivity index (χ0) is 28.2. The standard InChI is InChI=1S/C2H6O.5C2H4O.6C2H6/c1-3-2;5*1-2-3;6*1-2/h1-2H3;5*2H,1H3;6*1-2H3. The predicted molar refractivity (Wildman–Crippen MR) is 140 cm³/mol. The molecule has 0 saturated heterocycles. The number of hydrogen-bond donors (Lipinski definition) is 0. The summed E-state index contributed by atoms with van der Waals surface area (Å²) in [5, 5.41) is 0. The van der Waals surface area contributed by atoms with E-state index in [9.17, 15) is 0 Å². The molecule has 0 aliphatic carbocycles. The first-order valence-corrected chi connectivity index (χ1v) is 10.9. The van der Waals surface area contributed by atoms with Crippen LogP contribution in [0.2, 0.25) is 0 Å². The van der Waals surface area contributed by atoms with Crippen LogP contribution in [-0.2, 0) is 28.7 Å². The predicted octanol–water partition coefficient (Wildman–Crippen LogP) is 7.45. The van der Waals surface area contributed by atoms with Gasteiger partial charge < -0.3 is 28.7 Å². The van der Waals surface area contributed by atoms with Gasteiger partial charge in [0.05, 0.1) is 0 Å². The van der Waals surface area contributed by atoms with Gasteiger partial charge in [-0.05, 0) is 34.6 Å². The second-order valence-electron chi connectivity index (χ2n) is 1.59. The van der Waals surface area contributed by atoms with Gasteiger partial charge >= 0.3 is 0 Å². The lowest BCUT2D eigenvalue weighted by molar-refractivity contribution is -0.106. The number of rotatable bonds is 0. The van der Waals surface area contributed by atoms with Crippen LogP contribution in [0.5, 0.6) is 0 Å². The molecule has 0 amide bonds. The third-order valence-electron chi connectivity index (χ3n) is 0. The van der Waals surface area contributed by atoms with Crippen LogP contribution in [-0.4, -0.2) is 45.7 Å². The number of carbonyl (C=O) groups is 5. The Balaban J connectivity index is -0.0000000119. The van der Waals surface area contributed by atoms with Crippen molar-refractivity contribution in [2.75, 3.05) is 14.2 Å². The van der Waals surface area contributed by atoms with E-state index in [4.69, 9.17) is 24.0 Å². The molecule has 194 valence electrons. The highest BCUT2D eigenvalue weighted by atomic mass is 16.4. The van der Waals surface area contributed by atoms with Gasteiger partial charge in [0.25, 0.3) is 0 Å². The molecular formula is C24H62O6. The molecule has 0 saturated carbocycles. The summed E-state index contributed by atoms with van der Waals surface area (Å²) >= 11 is 0. The molecule has 0 radical (unpaired) electrons. The third-order valence-corrected chi connectivity index (χ3v) is 0. The molecule has 0 fully saturated rings. The minimum Gasteiger partial charge on any atom is -0.388 e. The maximum absolute atomic E-state index is 8.81. The Morgan fingerprint density at radius 1 is 0.333 bits per heavy atom. The van der Waals surface area contributed by atoms with Crippen molar-refractivity contribution >= 4 is 31.4 Å². The minimum absolute atomic E-state index is 0.750. The number of hydrogen-bond acceptors (Lipinski definition) is 6. The van der Waals surface area contributed by atoms with E-state index in [1.54, 1.807) is 14.2 Å². The normalized spacial score (nSPS) is 3.97. The number of ether oxygens (including phenoxy) is 1. The summed E-state index contributed by atoms with van der Waals surface area (Å²) in [6.07, 6.45) is 3.75. The topological polar surface area (TPSA) is 94.6 Å². The number of aldehydes is 5.